The van der Waals surface area contributed by atoms with Crippen LogP contribution in [0.2, 0.25) is 0 Å². The van der Waals surface area contributed by atoms with Gasteiger partial charge in [0.15, 0.2) is 0 Å². The summed E-state index contributed by atoms with van der Waals surface area (Å²) < 4.78 is 5.21. The maximum atomic E-state index is 5.56. The third kappa shape index (κ3) is 3.73. The zero-order valence-corrected chi connectivity index (χ0v) is 11.5. The minimum Gasteiger partial charge on any atom is -0.497 e. The van der Waals surface area contributed by atoms with E-state index in [0.29, 0.717) is 0 Å². The summed E-state index contributed by atoms with van der Waals surface area (Å²) in [7, 11) is 1.68. The van der Waals surface area contributed by atoms with E-state index in [1.165, 1.54) is 0 Å². The Morgan fingerprint density at radius 2 is 2.06 bits per heavy atom. The van der Waals surface area contributed by atoms with Crippen molar-refractivity contribution >= 4 is 18.2 Å². The van der Waals surface area contributed by atoms with Gasteiger partial charge in [-0.2, -0.15) is 0 Å². The minimum atomic E-state index is 0. The SMILES string of the molecule is COc1ccnc(N2CCN(CCN)CC2)c1.Cl. The summed E-state index contributed by atoms with van der Waals surface area (Å²) in [6.07, 6.45) is 1.79. The normalized spacial score (nSPS) is 16.2. The molecule has 0 unspecified atom stereocenters. The van der Waals surface area contributed by atoms with Gasteiger partial charge in [-0.15, -0.1) is 12.4 Å². The zero-order valence-electron chi connectivity index (χ0n) is 10.7. The van der Waals surface area contributed by atoms with Gasteiger partial charge in [0, 0.05) is 51.5 Å². The van der Waals surface area contributed by atoms with E-state index in [-0.39, 0.29) is 12.4 Å². The summed E-state index contributed by atoms with van der Waals surface area (Å²) in [5.41, 5.74) is 5.56. The van der Waals surface area contributed by atoms with E-state index in [9.17, 15) is 0 Å². The smallest absolute Gasteiger partial charge is 0.132 e. The molecule has 0 saturated carbocycles. The van der Waals surface area contributed by atoms with Gasteiger partial charge in [-0.3, -0.25) is 4.90 Å². The lowest BCUT2D eigenvalue weighted by Crippen LogP contribution is -2.48. The fourth-order valence-electron chi connectivity index (χ4n) is 2.08. The van der Waals surface area contributed by atoms with Gasteiger partial charge in [0.05, 0.1) is 7.11 Å². The van der Waals surface area contributed by atoms with E-state index in [1.807, 2.05) is 12.1 Å². The highest BCUT2D eigenvalue weighted by atomic mass is 35.5. The van der Waals surface area contributed by atoms with Crippen molar-refractivity contribution in [2.75, 3.05) is 51.3 Å². The number of piperazine rings is 1. The molecular formula is C12H21ClN4O. The van der Waals surface area contributed by atoms with E-state index < -0.39 is 0 Å². The lowest BCUT2D eigenvalue weighted by Gasteiger charge is -2.35. The number of hydrogen-bond acceptors (Lipinski definition) is 5. The predicted molar refractivity (Wildman–Crippen MR) is 75.7 cm³/mol. The van der Waals surface area contributed by atoms with Crippen molar-refractivity contribution in [1.29, 1.82) is 0 Å². The second-order valence-corrected chi connectivity index (χ2v) is 4.17. The minimum absolute atomic E-state index is 0. The Labute approximate surface area is 114 Å². The molecule has 102 valence electrons. The van der Waals surface area contributed by atoms with Crippen LogP contribution in [-0.2, 0) is 0 Å². The van der Waals surface area contributed by atoms with Crippen molar-refractivity contribution in [2.24, 2.45) is 5.73 Å². The van der Waals surface area contributed by atoms with Crippen LogP contribution >= 0.6 is 12.4 Å². The van der Waals surface area contributed by atoms with Crippen LogP contribution in [0.3, 0.4) is 0 Å². The molecule has 0 atom stereocenters. The van der Waals surface area contributed by atoms with Gasteiger partial charge in [0.2, 0.25) is 0 Å². The van der Waals surface area contributed by atoms with Gasteiger partial charge in [-0.25, -0.2) is 4.98 Å². The van der Waals surface area contributed by atoms with E-state index >= 15 is 0 Å². The number of nitrogens with two attached hydrogens (primary N) is 1. The van der Waals surface area contributed by atoms with E-state index in [1.54, 1.807) is 13.3 Å². The molecule has 0 amide bonds. The summed E-state index contributed by atoms with van der Waals surface area (Å²) in [6, 6.07) is 3.85. The fraction of sp³-hybridized carbons (Fsp3) is 0.583. The molecule has 2 rings (SSSR count). The number of hydrogen-bond donors (Lipinski definition) is 1. The largest absolute Gasteiger partial charge is 0.497 e. The Morgan fingerprint density at radius 3 is 2.67 bits per heavy atom. The second kappa shape index (κ2) is 7.41. The Balaban J connectivity index is 0.00000162. The lowest BCUT2D eigenvalue weighted by molar-refractivity contribution is 0.264. The number of ether oxygens (including phenoxy) is 1. The quantitative estimate of drug-likeness (QED) is 0.870. The Hall–Kier alpha value is -1.04. The van der Waals surface area contributed by atoms with Crippen LogP contribution in [0.5, 0.6) is 5.75 Å². The summed E-state index contributed by atoms with van der Waals surface area (Å²) in [5.74, 6) is 1.86. The zero-order chi connectivity index (χ0) is 12.1. The van der Waals surface area contributed by atoms with Gasteiger partial charge in [-0.1, -0.05) is 0 Å². The molecule has 1 aliphatic heterocycles. The lowest BCUT2D eigenvalue weighted by atomic mass is 10.3. The van der Waals surface area contributed by atoms with Crippen LogP contribution in [0.4, 0.5) is 5.82 Å². The first-order valence-corrected chi connectivity index (χ1v) is 6.01. The number of methoxy groups -OCH3 is 1. The first-order valence-electron chi connectivity index (χ1n) is 6.01. The number of rotatable bonds is 4. The average Bonchev–Trinajstić information content (AvgIpc) is 2.40. The van der Waals surface area contributed by atoms with Gasteiger partial charge >= 0.3 is 0 Å². The highest BCUT2D eigenvalue weighted by molar-refractivity contribution is 5.85. The fourth-order valence-corrected chi connectivity index (χ4v) is 2.08. The molecule has 1 saturated heterocycles. The van der Waals surface area contributed by atoms with Gasteiger partial charge < -0.3 is 15.4 Å². The van der Waals surface area contributed by atoms with Crippen LogP contribution < -0.4 is 15.4 Å². The molecule has 2 heterocycles. The number of aromatic nitrogens is 1. The molecule has 0 aliphatic carbocycles. The molecular weight excluding hydrogens is 252 g/mol. The summed E-state index contributed by atoms with van der Waals surface area (Å²) >= 11 is 0. The molecule has 1 fully saturated rings. The topological polar surface area (TPSA) is 54.6 Å². The van der Waals surface area contributed by atoms with E-state index in [2.05, 4.69) is 14.8 Å². The summed E-state index contributed by atoms with van der Waals surface area (Å²) in [6.45, 7) is 5.82. The van der Waals surface area contributed by atoms with Crippen LogP contribution in [0.1, 0.15) is 0 Å². The third-order valence-electron chi connectivity index (χ3n) is 3.09. The molecule has 0 aromatic carbocycles. The number of pyridine rings is 1. The Bertz CT molecular complexity index is 356. The van der Waals surface area contributed by atoms with Gasteiger partial charge in [-0.05, 0) is 6.07 Å². The maximum Gasteiger partial charge on any atom is 0.132 e. The standard InChI is InChI=1S/C12H20N4O.ClH/c1-17-11-2-4-14-12(10-11)16-8-6-15(5-3-13)7-9-16;/h2,4,10H,3,5-9,13H2,1H3;1H. The highest BCUT2D eigenvalue weighted by Gasteiger charge is 2.17. The van der Waals surface area contributed by atoms with Gasteiger partial charge in [0.25, 0.3) is 0 Å². The number of anilines is 1. The molecule has 0 radical (unpaired) electrons. The van der Waals surface area contributed by atoms with E-state index in [4.69, 9.17) is 10.5 Å². The first kappa shape index (κ1) is 15.0. The maximum absolute atomic E-state index is 5.56. The molecule has 0 spiro atoms. The number of halogens is 1. The molecule has 1 aliphatic rings. The van der Waals surface area contributed by atoms with Crippen molar-refractivity contribution in [3.05, 3.63) is 18.3 Å². The molecule has 5 nitrogen and oxygen atoms in total. The Kier molecular flexibility index (Phi) is 6.18. The number of nitrogens with zero attached hydrogens (tertiary/aromatic N) is 3. The second-order valence-electron chi connectivity index (χ2n) is 4.17. The molecule has 6 heteroatoms. The Morgan fingerprint density at radius 1 is 1.33 bits per heavy atom. The van der Waals surface area contributed by atoms with Crippen molar-refractivity contribution in [3.8, 4) is 5.75 Å². The predicted octanol–water partition coefficient (Wildman–Crippen LogP) is 0.593. The molecule has 0 bridgehead atoms. The van der Waals surface area contributed by atoms with Gasteiger partial charge in [0.1, 0.15) is 11.6 Å². The van der Waals surface area contributed by atoms with Crippen LogP contribution in [0, 0.1) is 0 Å². The first-order chi connectivity index (χ1) is 8.33. The van der Waals surface area contributed by atoms with Crippen molar-refractivity contribution < 1.29 is 4.74 Å². The third-order valence-corrected chi connectivity index (χ3v) is 3.09. The molecule has 1 aromatic heterocycles. The molecule has 18 heavy (non-hydrogen) atoms. The van der Waals surface area contributed by atoms with Crippen LogP contribution in [0.15, 0.2) is 18.3 Å². The highest BCUT2D eigenvalue weighted by Crippen LogP contribution is 2.18. The summed E-state index contributed by atoms with van der Waals surface area (Å²) in [4.78, 5) is 9.06. The van der Waals surface area contributed by atoms with Crippen molar-refractivity contribution in [1.82, 2.24) is 9.88 Å². The van der Waals surface area contributed by atoms with E-state index in [0.717, 1.165) is 50.8 Å². The van der Waals surface area contributed by atoms with Crippen LogP contribution in [-0.4, -0.2) is 56.3 Å². The summed E-state index contributed by atoms with van der Waals surface area (Å²) in [5, 5.41) is 0. The van der Waals surface area contributed by atoms with Crippen molar-refractivity contribution in [3.63, 3.8) is 0 Å². The average molecular weight is 273 g/mol. The van der Waals surface area contributed by atoms with Crippen molar-refractivity contribution in [2.45, 2.75) is 0 Å². The monoisotopic (exact) mass is 272 g/mol. The molecule has 2 N–H and O–H groups in total. The molecule has 1 aromatic rings. The van der Waals surface area contributed by atoms with Crippen LogP contribution in [0.25, 0.3) is 0 Å².